The van der Waals surface area contributed by atoms with E-state index in [2.05, 4.69) is 5.32 Å². The molecule has 192 valence electrons. The van der Waals surface area contributed by atoms with Crippen molar-refractivity contribution in [2.45, 2.75) is 24.3 Å². The number of benzene rings is 2. The van der Waals surface area contributed by atoms with Gasteiger partial charge < -0.3 is 20.5 Å². The standard InChI is InChI=1S/C23H25Cl2N5O5S/c1-13(11-20(31)28(2)3)30(23(26)33)36(34,35)15-7-5-14(6-8-15)27-22(32)19-12-16-18(29(19)4)10-9-17(24)21(16)25/h5-10,12-13H,11H2,1-4H3,(H2,26,33)(H,27,32). The van der Waals surface area contributed by atoms with E-state index in [0.717, 1.165) is 0 Å². The second-order valence-corrected chi connectivity index (χ2v) is 10.9. The average Bonchev–Trinajstić information content (AvgIpc) is 3.13. The molecule has 0 spiro atoms. The number of carbonyl (C=O) groups excluding carboxylic acids is 3. The van der Waals surface area contributed by atoms with Gasteiger partial charge in [0.05, 0.1) is 21.0 Å². The Kier molecular flexibility index (Phi) is 7.87. The van der Waals surface area contributed by atoms with Gasteiger partial charge in [-0.3, -0.25) is 9.59 Å². The van der Waals surface area contributed by atoms with Gasteiger partial charge in [0.25, 0.3) is 15.9 Å². The normalized spacial score (nSPS) is 12.3. The summed E-state index contributed by atoms with van der Waals surface area (Å²) >= 11 is 12.3. The molecule has 1 aromatic heterocycles. The van der Waals surface area contributed by atoms with Crippen LogP contribution in [0.15, 0.2) is 47.4 Å². The van der Waals surface area contributed by atoms with Gasteiger partial charge in [0.2, 0.25) is 5.91 Å². The number of anilines is 1. The molecule has 1 heterocycles. The molecule has 10 nitrogen and oxygen atoms in total. The molecule has 0 aliphatic heterocycles. The molecule has 0 saturated carbocycles. The zero-order valence-corrected chi connectivity index (χ0v) is 22.3. The summed E-state index contributed by atoms with van der Waals surface area (Å²) in [5.41, 5.74) is 6.68. The maximum Gasteiger partial charge on any atom is 0.328 e. The number of nitrogens with zero attached hydrogens (tertiary/aromatic N) is 3. The Labute approximate surface area is 218 Å². The minimum Gasteiger partial charge on any atom is -0.351 e. The molecule has 3 aromatic rings. The van der Waals surface area contributed by atoms with Crippen LogP contribution in [0.4, 0.5) is 10.5 Å². The van der Waals surface area contributed by atoms with Crippen molar-refractivity contribution >= 4 is 67.7 Å². The molecule has 0 saturated heterocycles. The summed E-state index contributed by atoms with van der Waals surface area (Å²) in [6, 6.07) is 8.02. The topological polar surface area (TPSA) is 135 Å². The minimum absolute atomic E-state index is 0.227. The summed E-state index contributed by atoms with van der Waals surface area (Å²) in [6.45, 7) is 1.42. The molecule has 4 amide bonds. The summed E-state index contributed by atoms with van der Waals surface area (Å²) in [6.07, 6.45) is -0.233. The summed E-state index contributed by atoms with van der Waals surface area (Å²) in [5, 5.41) is 4.01. The lowest BCUT2D eigenvalue weighted by Crippen LogP contribution is -2.47. The monoisotopic (exact) mass is 553 g/mol. The van der Waals surface area contributed by atoms with Gasteiger partial charge in [-0.05, 0) is 49.4 Å². The van der Waals surface area contributed by atoms with E-state index in [1.165, 1.54) is 50.2 Å². The number of amides is 4. The van der Waals surface area contributed by atoms with Gasteiger partial charge in [0.15, 0.2) is 0 Å². The Morgan fingerprint density at radius 3 is 2.25 bits per heavy atom. The van der Waals surface area contributed by atoms with Gasteiger partial charge in [-0.25, -0.2) is 17.5 Å². The molecule has 36 heavy (non-hydrogen) atoms. The molecular weight excluding hydrogens is 529 g/mol. The van der Waals surface area contributed by atoms with Gasteiger partial charge in [0.1, 0.15) is 5.69 Å². The fraction of sp³-hybridized carbons (Fsp3) is 0.261. The number of fused-ring (bicyclic) bond motifs is 1. The number of carbonyl (C=O) groups is 3. The first kappa shape index (κ1) is 27.3. The molecule has 0 bridgehead atoms. The van der Waals surface area contributed by atoms with E-state index >= 15 is 0 Å². The fourth-order valence-electron chi connectivity index (χ4n) is 3.68. The van der Waals surface area contributed by atoms with Crippen LogP contribution in [0.1, 0.15) is 23.8 Å². The van der Waals surface area contributed by atoms with Crippen LogP contribution >= 0.6 is 23.2 Å². The van der Waals surface area contributed by atoms with E-state index in [9.17, 15) is 22.8 Å². The van der Waals surface area contributed by atoms with Crippen molar-refractivity contribution in [3.63, 3.8) is 0 Å². The Morgan fingerprint density at radius 1 is 1.08 bits per heavy atom. The van der Waals surface area contributed by atoms with E-state index < -0.39 is 28.0 Å². The van der Waals surface area contributed by atoms with E-state index in [1.54, 1.807) is 29.8 Å². The molecule has 2 aromatic carbocycles. The van der Waals surface area contributed by atoms with Crippen LogP contribution in [-0.2, 0) is 21.9 Å². The highest BCUT2D eigenvalue weighted by Crippen LogP contribution is 2.32. The fourth-order valence-corrected chi connectivity index (χ4v) is 5.55. The number of sulfonamides is 1. The van der Waals surface area contributed by atoms with Gasteiger partial charge in [0, 0.05) is 44.2 Å². The average molecular weight is 554 g/mol. The number of hydrogen-bond donors (Lipinski definition) is 2. The predicted molar refractivity (Wildman–Crippen MR) is 139 cm³/mol. The van der Waals surface area contributed by atoms with Crippen LogP contribution in [0.3, 0.4) is 0 Å². The van der Waals surface area contributed by atoms with Gasteiger partial charge in [-0.1, -0.05) is 23.2 Å². The maximum atomic E-state index is 13.1. The highest BCUT2D eigenvalue weighted by atomic mass is 35.5. The van der Waals surface area contributed by atoms with Crippen LogP contribution in [0.2, 0.25) is 10.0 Å². The van der Waals surface area contributed by atoms with E-state index in [0.29, 0.717) is 36.6 Å². The van der Waals surface area contributed by atoms with Crippen molar-refractivity contribution in [1.29, 1.82) is 0 Å². The highest BCUT2D eigenvalue weighted by molar-refractivity contribution is 7.89. The van der Waals surface area contributed by atoms with Crippen LogP contribution < -0.4 is 11.1 Å². The SMILES string of the molecule is CC(CC(=O)N(C)C)N(C(N)=O)S(=O)(=O)c1ccc(NC(=O)c2cc3c(Cl)c(Cl)ccc3n2C)cc1. The molecular formula is C23H25Cl2N5O5S. The quantitative estimate of drug-likeness (QED) is 0.460. The number of primary amides is 1. The molecule has 0 fully saturated rings. The first-order valence-electron chi connectivity index (χ1n) is 10.6. The third-order valence-corrected chi connectivity index (χ3v) is 8.35. The van der Waals surface area contributed by atoms with E-state index in [4.69, 9.17) is 28.9 Å². The minimum atomic E-state index is -4.36. The molecule has 0 radical (unpaired) electrons. The molecule has 1 unspecified atom stereocenters. The number of aryl methyl sites for hydroxylation is 1. The van der Waals surface area contributed by atoms with Crippen molar-refractivity contribution in [2.75, 3.05) is 19.4 Å². The van der Waals surface area contributed by atoms with Crippen molar-refractivity contribution in [2.24, 2.45) is 12.8 Å². The van der Waals surface area contributed by atoms with Crippen LogP contribution in [-0.4, -0.2) is 60.2 Å². The number of halogens is 2. The first-order valence-corrected chi connectivity index (χ1v) is 12.8. The second-order valence-electron chi connectivity index (χ2n) is 8.34. The van der Waals surface area contributed by atoms with Gasteiger partial charge in [-0.15, -0.1) is 0 Å². The Bertz CT molecular complexity index is 1450. The summed E-state index contributed by atoms with van der Waals surface area (Å²) in [7, 11) is 0.391. The van der Waals surface area contributed by atoms with Crippen LogP contribution in [0, 0.1) is 0 Å². The predicted octanol–water partition coefficient (Wildman–Crippen LogP) is 3.67. The molecule has 13 heteroatoms. The second kappa shape index (κ2) is 10.4. The molecule has 0 aliphatic carbocycles. The molecule has 1 atom stereocenters. The highest BCUT2D eigenvalue weighted by Gasteiger charge is 2.33. The molecule has 3 N–H and O–H groups in total. The van der Waals surface area contributed by atoms with E-state index in [-0.39, 0.29) is 17.2 Å². The lowest BCUT2D eigenvalue weighted by atomic mass is 10.2. The first-order chi connectivity index (χ1) is 16.7. The van der Waals surface area contributed by atoms with Crippen molar-refractivity contribution in [1.82, 2.24) is 13.8 Å². The summed E-state index contributed by atoms with van der Waals surface area (Å²) in [5.74, 6) is -0.815. The number of hydrogen-bond acceptors (Lipinski definition) is 5. The van der Waals surface area contributed by atoms with Crippen molar-refractivity contribution < 1.29 is 22.8 Å². The third kappa shape index (κ3) is 5.28. The largest absolute Gasteiger partial charge is 0.351 e. The van der Waals surface area contributed by atoms with Crippen molar-refractivity contribution in [3.8, 4) is 0 Å². The smallest absolute Gasteiger partial charge is 0.328 e. The number of rotatable bonds is 7. The zero-order chi connectivity index (χ0) is 26.9. The Morgan fingerprint density at radius 2 is 1.69 bits per heavy atom. The number of aromatic nitrogens is 1. The van der Waals surface area contributed by atoms with E-state index in [1.807, 2.05) is 0 Å². The van der Waals surface area contributed by atoms with Crippen LogP contribution in [0.25, 0.3) is 10.9 Å². The number of nitrogens with one attached hydrogen (secondary N) is 1. The number of urea groups is 1. The van der Waals surface area contributed by atoms with Crippen LogP contribution in [0.5, 0.6) is 0 Å². The lowest BCUT2D eigenvalue weighted by molar-refractivity contribution is -0.129. The summed E-state index contributed by atoms with van der Waals surface area (Å²) in [4.78, 5) is 38.0. The maximum absolute atomic E-state index is 13.1. The van der Waals surface area contributed by atoms with Crippen molar-refractivity contribution in [3.05, 3.63) is 58.2 Å². The zero-order valence-electron chi connectivity index (χ0n) is 20.0. The molecule has 0 aliphatic rings. The third-order valence-electron chi connectivity index (χ3n) is 5.60. The summed E-state index contributed by atoms with van der Waals surface area (Å²) < 4.78 is 28.4. The van der Waals surface area contributed by atoms with Gasteiger partial charge >= 0.3 is 6.03 Å². The lowest BCUT2D eigenvalue weighted by Gasteiger charge is -2.27. The number of nitrogens with two attached hydrogens (primary N) is 1. The Balaban J connectivity index is 1.84. The molecule has 3 rings (SSSR count). The Hall–Kier alpha value is -3.28. The van der Waals surface area contributed by atoms with Gasteiger partial charge in [-0.2, -0.15) is 0 Å².